The summed E-state index contributed by atoms with van der Waals surface area (Å²) in [5.74, 6) is 0. The minimum absolute atomic E-state index is 0.218. The normalized spacial score (nSPS) is 14.3. The molecule has 0 aromatic carbocycles. The van der Waals surface area contributed by atoms with Crippen molar-refractivity contribution in [1.82, 2.24) is 9.78 Å². The zero-order valence-electron chi connectivity index (χ0n) is 12.5. The molecular formula is C16H25N3S. The molecule has 0 aliphatic heterocycles. The summed E-state index contributed by atoms with van der Waals surface area (Å²) in [6, 6.07) is 7.10. The number of aryl methyl sites for hydroxylation is 1. The first-order valence-electron chi connectivity index (χ1n) is 7.51. The van der Waals surface area contributed by atoms with E-state index in [0.717, 1.165) is 37.8 Å². The lowest BCUT2D eigenvalue weighted by atomic mass is 10.1. The van der Waals surface area contributed by atoms with Crippen LogP contribution < -0.4 is 5.73 Å². The molecule has 2 atom stereocenters. The zero-order valence-corrected chi connectivity index (χ0v) is 13.3. The highest BCUT2D eigenvalue weighted by Gasteiger charge is 2.09. The van der Waals surface area contributed by atoms with Crippen LogP contribution in [0.25, 0.3) is 0 Å². The maximum Gasteiger partial charge on any atom is 0.0640 e. The van der Waals surface area contributed by atoms with Gasteiger partial charge in [0.15, 0.2) is 0 Å². The van der Waals surface area contributed by atoms with E-state index >= 15 is 0 Å². The molecule has 2 N–H and O–H groups in total. The van der Waals surface area contributed by atoms with Crippen molar-refractivity contribution in [2.75, 3.05) is 0 Å². The summed E-state index contributed by atoms with van der Waals surface area (Å²) >= 11 is 1.83. The van der Waals surface area contributed by atoms with Crippen molar-refractivity contribution in [1.29, 1.82) is 0 Å². The summed E-state index contributed by atoms with van der Waals surface area (Å²) in [6.07, 6.45) is 7.43. The Bertz CT molecular complexity index is 490. The van der Waals surface area contributed by atoms with Crippen molar-refractivity contribution in [3.63, 3.8) is 0 Å². The van der Waals surface area contributed by atoms with Crippen LogP contribution in [0.5, 0.6) is 0 Å². The standard InChI is InChI=1S/C16H25N3S/c1-3-13(2)19-10-9-15(18-19)12-14(17)6-4-7-16-8-5-11-20-16/h5,8-11,13-14H,3-4,6-7,12,17H2,1-2H3. The van der Waals surface area contributed by atoms with E-state index in [1.54, 1.807) is 0 Å². The van der Waals surface area contributed by atoms with Gasteiger partial charge in [0.05, 0.1) is 5.69 Å². The Kier molecular flexibility index (Phi) is 5.80. The molecule has 0 fully saturated rings. The lowest BCUT2D eigenvalue weighted by Gasteiger charge is -2.10. The van der Waals surface area contributed by atoms with Crippen molar-refractivity contribution in [2.24, 2.45) is 5.73 Å². The minimum atomic E-state index is 0.218. The number of hydrogen-bond acceptors (Lipinski definition) is 3. The highest BCUT2D eigenvalue weighted by molar-refractivity contribution is 7.09. The maximum atomic E-state index is 6.22. The van der Waals surface area contributed by atoms with Gasteiger partial charge in [-0.3, -0.25) is 4.68 Å². The SMILES string of the molecule is CCC(C)n1ccc(CC(N)CCCc2cccs2)n1. The third-order valence-corrected chi connectivity index (χ3v) is 4.69. The average molecular weight is 291 g/mol. The lowest BCUT2D eigenvalue weighted by Crippen LogP contribution is -2.23. The molecule has 0 aliphatic rings. The van der Waals surface area contributed by atoms with E-state index in [9.17, 15) is 0 Å². The van der Waals surface area contributed by atoms with Gasteiger partial charge in [-0.1, -0.05) is 13.0 Å². The molecule has 2 aromatic heterocycles. The largest absolute Gasteiger partial charge is 0.327 e. The van der Waals surface area contributed by atoms with E-state index in [1.165, 1.54) is 4.88 Å². The number of nitrogens with two attached hydrogens (primary N) is 1. The van der Waals surface area contributed by atoms with Gasteiger partial charge in [0, 0.05) is 29.6 Å². The van der Waals surface area contributed by atoms with E-state index in [2.05, 4.69) is 48.7 Å². The molecule has 0 saturated heterocycles. The van der Waals surface area contributed by atoms with Crippen molar-refractivity contribution < 1.29 is 0 Å². The predicted molar refractivity (Wildman–Crippen MR) is 86.2 cm³/mol. The van der Waals surface area contributed by atoms with E-state index in [1.807, 2.05) is 16.0 Å². The van der Waals surface area contributed by atoms with Gasteiger partial charge in [-0.05, 0) is 50.1 Å². The van der Waals surface area contributed by atoms with Crippen molar-refractivity contribution >= 4 is 11.3 Å². The number of rotatable bonds is 8. The van der Waals surface area contributed by atoms with Gasteiger partial charge in [0.25, 0.3) is 0 Å². The summed E-state index contributed by atoms with van der Waals surface area (Å²) in [4.78, 5) is 1.46. The predicted octanol–water partition coefficient (Wildman–Crippen LogP) is 3.81. The van der Waals surface area contributed by atoms with Gasteiger partial charge in [-0.2, -0.15) is 5.10 Å². The molecule has 20 heavy (non-hydrogen) atoms. The Balaban J connectivity index is 1.73. The summed E-state index contributed by atoms with van der Waals surface area (Å²) in [7, 11) is 0. The molecule has 2 rings (SSSR count). The number of aromatic nitrogens is 2. The number of thiophene rings is 1. The molecule has 2 aromatic rings. The number of nitrogens with zero attached hydrogens (tertiary/aromatic N) is 2. The van der Waals surface area contributed by atoms with Crippen LogP contribution >= 0.6 is 11.3 Å². The fourth-order valence-corrected chi connectivity index (χ4v) is 3.03. The first-order chi connectivity index (χ1) is 9.69. The molecule has 0 saturated carbocycles. The van der Waals surface area contributed by atoms with Crippen molar-refractivity contribution in [3.05, 3.63) is 40.3 Å². The van der Waals surface area contributed by atoms with Gasteiger partial charge in [0.2, 0.25) is 0 Å². The second kappa shape index (κ2) is 7.60. The van der Waals surface area contributed by atoms with Crippen molar-refractivity contribution in [2.45, 2.75) is 58.0 Å². The van der Waals surface area contributed by atoms with Gasteiger partial charge in [0.1, 0.15) is 0 Å². The Morgan fingerprint density at radius 2 is 2.25 bits per heavy atom. The van der Waals surface area contributed by atoms with Crippen LogP contribution in [0.1, 0.15) is 49.7 Å². The molecule has 0 bridgehead atoms. The minimum Gasteiger partial charge on any atom is -0.327 e. The summed E-state index contributed by atoms with van der Waals surface area (Å²) in [5.41, 5.74) is 7.34. The molecule has 0 radical (unpaired) electrons. The third-order valence-electron chi connectivity index (χ3n) is 3.76. The van der Waals surface area contributed by atoms with Crippen molar-refractivity contribution in [3.8, 4) is 0 Å². The fraction of sp³-hybridized carbons (Fsp3) is 0.562. The maximum absolute atomic E-state index is 6.22. The quantitative estimate of drug-likeness (QED) is 0.803. The molecule has 4 heteroatoms. The summed E-state index contributed by atoms with van der Waals surface area (Å²) in [5, 5.41) is 6.75. The smallest absolute Gasteiger partial charge is 0.0640 e. The number of hydrogen-bond donors (Lipinski definition) is 1. The molecule has 0 spiro atoms. The van der Waals surface area contributed by atoms with E-state index in [0.29, 0.717) is 6.04 Å². The van der Waals surface area contributed by atoms with E-state index in [4.69, 9.17) is 5.73 Å². The molecule has 2 heterocycles. The first-order valence-corrected chi connectivity index (χ1v) is 8.39. The van der Waals surface area contributed by atoms with Gasteiger partial charge in [-0.15, -0.1) is 11.3 Å². The molecular weight excluding hydrogens is 266 g/mol. The van der Waals surface area contributed by atoms with Gasteiger partial charge < -0.3 is 5.73 Å². The van der Waals surface area contributed by atoms with Crippen LogP contribution in [-0.4, -0.2) is 15.8 Å². The third kappa shape index (κ3) is 4.46. The Morgan fingerprint density at radius 1 is 1.40 bits per heavy atom. The fourth-order valence-electron chi connectivity index (χ4n) is 2.28. The van der Waals surface area contributed by atoms with Crippen LogP contribution in [0.4, 0.5) is 0 Å². The highest BCUT2D eigenvalue weighted by atomic mass is 32.1. The second-order valence-electron chi connectivity index (χ2n) is 5.48. The lowest BCUT2D eigenvalue weighted by molar-refractivity contribution is 0.469. The van der Waals surface area contributed by atoms with Crippen LogP contribution in [0.2, 0.25) is 0 Å². The Hall–Kier alpha value is -1.13. The molecule has 2 unspecified atom stereocenters. The molecule has 110 valence electrons. The second-order valence-corrected chi connectivity index (χ2v) is 6.51. The molecule has 3 nitrogen and oxygen atoms in total. The first kappa shape index (κ1) is 15.3. The van der Waals surface area contributed by atoms with Gasteiger partial charge in [-0.25, -0.2) is 0 Å². The summed E-state index contributed by atoms with van der Waals surface area (Å²) < 4.78 is 2.05. The van der Waals surface area contributed by atoms with Crippen LogP contribution in [0.3, 0.4) is 0 Å². The summed E-state index contributed by atoms with van der Waals surface area (Å²) in [6.45, 7) is 4.38. The van der Waals surface area contributed by atoms with E-state index < -0.39 is 0 Å². The molecule has 0 aliphatic carbocycles. The van der Waals surface area contributed by atoms with Gasteiger partial charge >= 0.3 is 0 Å². The average Bonchev–Trinajstić information content (AvgIpc) is 3.09. The monoisotopic (exact) mass is 291 g/mol. The zero-order chi connectivity index (χ0) is 14.4. The Morgan fingerprint density at radius 3 is 2.95 bits per heavy atom. The van der Waals surface area contributed by atoms with E-state index in [-0.39, 0.29) is 6.04 Å². The highest BCUT2D eigenvalue weighted by Crippen LogP contribution is 2.14. The van der Waals surface area contributed by atoms with Crippen LogP contribution in [0, 0.1) is 0 Å². The van der Waals surface area contributed by atoms with Crippen LogP contribution in [0.15, 0.2) is 29.8 Å². The Labute approximate surface area is 125 Å². The molecule has 0 amide bonds. The van der Waals surface area contributed by atoms with Crippen LogP contribution in [-0.2, 0) is 12.8 Å². The topological polar surface area (TPSA) is 43.8 Å².